The van der Waals surface area contributed by atoms with Crippen LogP contribution >= 0.6 is 15.9 Å². The van der Waals surface area contributed by atoms with Gasteiger partial charge < -0.3 is 4.74 Å². The van der Waals surface area contributed by atoms with E-state index in [-0.39, 0.29) is 0 Å². The zero-order valence-corrected chi connectivity index (χ0v) is 11.1. The van der Waals surface area contributed by atoms with E-state index in [9.17, 15) is 0 Å². The van der Waals surface area contributed by atoms with Gasteiger partial charge in [0.1, 0.15) is 5.75 Å². The second-order valence-electron chi connectivity index (χ2n) is 3.80. The largest absolute Gasteiger partial charge is 0.436 e. The van der Waals surface area contributed by atoms with E-state index in [1.54, 1.807) is 23.0 Å². The lowest BCUT2D eigenvalue weighted by molar-refractivity contribution is 0.451. The number of nitrogens with zero attached hydrogens (tertiary/aromatic N) is 4. The van der Waals surface area contributed by atoms with Crippen molar-refractivity contribution in [3.05, 3.63) is 46.8 Å². The van der Waals surface area contributed by atoms with E-state index in [0.717, 1.165) is 15.7 Å². The molecule has 0 fully saturated rings. The van der Waals surface area contributed by atoms with Crippen molar-refractivity contribution in [2.75, 3.05) is 0 Å². The van der Waals surface area contributed by atoms with Crippen LogP contribution in [-0.2, 0) is 0 Å². The summed E-state index contributed by atoms with van der Waals surface area (Å²) in [4.78, 5) is 0. The molecular formula is C12H9BrN4O. The molecule has 0 amide bonds. The lowest BCUT2D eigenvalue weighted by Crippen LogP contribution is -1.93. The molecule has 0 N–H and O–H groups in total. The van der Waals surface area contributed by atoms with Crippen LogP contribution in [0.2, 0.25) is 0 Å². The van der Waals surface area contributed by atoms with Crippen molar-refractivity contribution in [1.29, 1.82) is 0 Å². The van der Waals surface area contributed by atoms with Crippen LogP contribution < -0.4 is 4.74 Å². The molecule has 0 atom stereocenters. The topological polar surface area (TPSA) is 52.3 Å². The highest BCUT2D eigenvalue weighted by molar-refractivity contribution is 9.10. The summed E-state index contributed by atoms with van der Waals surface area (Å²) in [6, 6.07) is 7.42. The molecule has 0 saturated carbocycles. The minimum absolute atomic E-state index is 0.464. The smallest absolute Gasteiger partial charge is 0.238 e. The number of fused-ring (bicyclic) bond motifs is 1. The number of halogens is 1. The molecule has 0 aliphatic heterocycles. The first-order valence-corrected chi connectivity index (χ1v) is 6.13. The van der Waals surface area contributed by atoms with E-state index in [0.29, 0.717) is 11.6 Å². The summed E-state index contributed by atoms with van der Waals surface area (Å²) in [5.74, 6) is 1.13. The molecular weight excluding hydrogens is 296 g/mol. The van der Waals surface area contributed by atoms with Crippen LogP contribution in [0.1, 0.15) is 5.69 Å². The van der Waals surface area contributed by atoms with Crippen LogP contribution in [0.4, 0.5) is 0 Å². The highest BCUT2D eigenvalue weighted by Crippen LogP contribution is 2.23. The number of hydrogen-bond donors (Lipinski definition) is 0. The number of pyridine rings is 1. The first-order valence-electron chi connectivity index (χ1n) is 5.33. The van der Waals surface area contributed by atoms with Crippen molar-refractivity contribution in [1.82, 2.24) is 19.8 Å². The zero-order chi connectivity index (χ0) is 12.5. The fraction of sp³-hybridized carbons (Fsp3) is 0.0833. The number of rotatable bonds is 2. The predicted octanol–water partition coefficient (Wildman–Crippen LogP) is 2.99. The Labute approximate surface area is 112 Å². The Bertz CT molecular complexity index is 693. The van der Waals surface area contributed by atoms with E-state index in [4.69, 9.17) is 4.74 Å². The van der Waals surface area contributed by atoms with E-state index < -0.39 is 0 Å². The number of aryl methyl sites for hydroxylation is 1. The molecule has 0 saturated heterocycles. The van der Waals surface area contributed by atoms with Crippen LogP contribution in [0.5, 0.6) is 11.6 Å². The van der Waals surface area contributed by atoms with Gasteiger partial charge in [-0.2, -0.15) is 10.2 Å². The van der Waals surface area contributed by atoms with Crippen LogP contribution in [0, 0.1) is 6.92 Å². The minimum atomic E-state index is 0.464. The fourth-order valence-electron chi connectivity index (χ4n) is 1.56. The van der Waals surface area contributed by atoms with Crippen molar-refractivity contribution in [2.45, 2.75) is 6.92 Å². The molecule has 3 rings (SSSR count). The van der Waals surface area contributed by atoms with Gasteiger partial charge in [-0.1, -0.05) is 0 Å². The summed E-state index contributed by atoms with van der Waals surface area (Å²) in [7, 11) is 0. The Morgan fingerprint density at radius 3 is 2.83 bits per heavy atom. The number of ether oxygens (including phenoxy) is 1. The summed E-state index contributed by atoms with van der Waals surface area (Å²) >= 11 is 3.42. The highest BCUT2D eigenvalue weighted by atomic mass is 79.9. The highest BCUT2D eigenvalue weighted by Gasteiger charge is 2.04. The third-order valence-corrected chi connectivity index (χ3v) is 3.05. The predicted molar refractivity (Wildman–Crippen MR) is 69.7 cm³/mol. The van der Waals surface area contributed by atoms with Gasteiger partial charge in [-0.25, -0.2) is 4.52 Å². The molecule has 18 heavy (non-hydrogen) atoms. The van der Waals surface area contributed by atoms with Crippen LogP contribution in [0.15, 0.2) is 41.1 Å². The molecule has 0 radical (unpaired) electrons. The van der Waals surface area contributed by atoms with Gasteiger partial charge in [0.2, 0.25) is 5.88 Å². The van der Waals surface area contributed by atoms with Gasteiger partial charge in [0.05, 0.1) is 28.1 Å². The third-order valence-electron chi connectivity index (χ3n) is 2.44. The number of hydrogen-bond acceptors (Lipinski definition) is 4. The van der Waals surface area contributed by atoms with E-state index in [1.165, 1.54) is 0 Å². The molecule has 0 spiro atoms. The Morgan fingerprint density at radius 1 is 1.17 bits per heavy atom. The normalized spacial score (nSPS) is 10.8. The van der Waals surface area contributed by atoms with Crippen LogP contribution in [0.3, 0.4) is 0 Å². The van der Waals surface area contributed by atoms with Gasteiger partial charge >= 0.3 is 0 Å². The van der Waals surface area contributed by atoms with Crippen LogP contribution in [0.25, 0.3) is 5.52 Å². The first-order chi connectivity index (χ1) is 8.72. The Balaban J connectivity index is 1.92. The molecule has 3 aromatic heterocycles. The van der Waals surface area contributed by atoms with Crippen molar-refractivity contribution >= 4 is 21.4 Å². The molecule has 0 unspecified atom stereocenters. The Morgan fingerprint density at radius 2 is 2.06 bits per heavy atom. The summed E-state index contributed by atoms with van der Waals surface area (Å²) < 4.78 is 8.29. The van der Waals surface area contributed by atoms with Gasteiger partial charge in [-0.15, -0.1) is 5.10 Å². The van der Waals surface area contributed by atoms with Gasteiger partial charge in [0.15, 0.2) is 0 Å². The first kappa shape index (κ1) is 11.2. The summed E-state index contributed by atoms with van der Waals surface area (Å²) in [6.45, 7) is 1.88. The van der Waals surface area contributed by atoms with Crippen molar-refractivity contribution in [3.63, 3.8) is 0 Å². The average molecular weight is 305 g/mol. The maximum atomic E-state index is 5.60. The van der Waals surface area contributed by atoms with Gasteiger partial charge in [-0.3, -0.25) is 0 Å². The summed E-state index contributed by atoms with van der Waals surface area (Å²) in [5, 5.41) is 12.1. The quantitative estimate of drug-likeness (QED) is 0.730. The molecule has 0 aliphatic carbocycles. The van der Waals surface area contributed by atoms with Gasteiger partial charge in [-0.05, 0) is 41.1 Å². The molecule has 3 heterocycles. The lowest BCUT2D eigenvalue weighted by atomic mass is 10.4. The molecule has 3 aromatic rings. The van der Waals surface area contributed by atoms with E-state index in [1.807, 2.05) is 25.1 Å². The molecule has 5 nitrogen and oxygen atoms in total. The van der Waals surface area contributed by atoms with Crippen molar-refractivity contribution < 1.29 is 4.74 Å². The van der Waals surface area contributed by atoms with Gasteiger partial charge in [0.25, 0.3) is 0 Å². The maximum Gasteiger partial charge on any atom is 0.238 e. The average Bonchev–Trinajstić information content (AvgIpc) is 2.74. The molecule has 0 aliphatic rings. The lowest BCUT2D eigenvalue weighted by Gasteiger charge is -2.04. The molecule has 6 heteroatoms. The SMILES string of the molecule is Cc1ccc(Oc2ccc3c(Br)cnn3c2)nn1. The minimum Gasteiger partial charge on any atom is -0.436 e. The standard InChI is InChI=1S/C12H9BrN4O/c1-8-2-5-12(16-15-8)18-9-3-4-11-10(13)6-14-17(11)7-9/h2-7H,1H3. The Kier molecular flexibility index (Phi) is 2.71. The molecule has 0 bridgehead atoms. The summed E-state index contributed by atoms with van der Waals surface area (Å²) in [6.07, 6.45) is 3.53. The maximum absolute atomic E-state index is 5.60. The monoisotopic (exact) mass is 304 g/mol. The fourth-order valence-corrected chi connectivity index (χ4v) is 1.96. The summed E-state index contributed by atoms with van der Waals surface area (Å²) in [5.41, 5.74) is 1.84. The second kappa shape index (κ2) is 4.38. The zero-order valence-electron chi connectivity index (χ0n) is 9.54. The van der Waals surface area contributed by atoms with E-state index >= 15 is 0 Å². The second-order valence-corrected chi connectivity index (χ2v) is 4.66. The molecule has 90 valence electrons. The Hall–Kier alpha value is -1.95. The van der Waals surface area contributed by atoms with Gasteiger partial charge in [0, 0.05) is 6.07 Å². The number of aromatic nitrogens is 4. The van der Waals surface area contributed by atoms with E-state index in [2.05, 4.69) is 31.2 Å². The van der Waals surface area contributed by atoms with Crippen LogP contribution in [-0.4, -0.2) is 19.8 Å². The van der Waals surface area contributed by atoms with Crippen molar-refractivity contribution in [3.8, 4) is 11.6 Å². The third kappa shape index (κ3) is 2.06. The molecule has 0 aromatic carbocycles. The van der Waals surface area contributed by atoms with Crippen molar-refractivity contribution in [2.24, 2.45) is 0 Å².